The summed E-state index contributed by atoms with van der Waals surface area (Å²) in [5.41, 5.74) is 2.18. The first kappa shape index (κ1) is 28.9. The Morgan fingerprint density at radius 1 is 0.821 bits per heavy atom. The van der Waals surface area contributed by atoms with Crippen LogP contribution in [0.5, 0.6) is 0 Å². The van der Waals surface area contributed by atoms with Crippen LogP contribution in [0.2, 0.25) is 0 Å². The third kappa shape index (κ3) is 8.98. The second-order valence-electron chi connectivity index (χ2n) is 8.78. The van der Waals surface area contributed by atoms with Crippen molar-refractivity contribution in [3.63, 3.8) is 0 Å². The molecule has 0 bridgehead atoms. The van der Waals surface area contributed by atoms with Crippen molar-refractivity contribution >= 4 is 14.0 Å². The van der Waals surface area contributed by atoms with Crippen LogP contribution >= 0.6 is 7.82 Å². The minimum Gasteiger partial charge on any atom is -0.429 e. The topological polar surface area (TPSA) is 130 Å². The Labute approximate surface area is 226 Å². The van der Waals surface area contributed by atoms with E-state index in [1.54, 1.807) is 72.8 Å². The van der Waals surface area contributed by atoms with Crippen molar-refractivity contribution in [3.05, 3.63) is 108 Å². The number of aliphatic hydroxyl groups is 2. The average molecular weight is 559 g/mol. The molecule has 4 atom stereocenters. The molecule has 10 nitrogen and oxygen atoms in total. The maximum atomic E-state index is 13.8. The SMILES string of the molecule is O=C(OCc1ccccc1)OC1CC(O)C(CO)OC1OP(=O)(OCc1ccccc1)OCc1ccccc1. The minimum absolute atomic E-state index is 0.0422. The third-order valence-electron chi connectivity index (χ3n) is 5.84. The molecule has 0 aliphatic carbocycles. The van der Waals surface area contributed by atoms with Crippen LogP contribution in [0.1, 0.15) is 23.1 Å². The number of carbonyl (C=O) groups excluding carboxylic acids is 1. The molecule has 1 aliphatic heterocycles. The van der Waals surface area contributed by atoms with Crippen LogP contribution in [0.4, 0.5) is 4.79 Å². The molecule has 1 aliphatic rings. The van der Waals surface area contributed by atoms with Gasteiger partial charge in [0.1, 0.15) is 12.7 Å². The van der Waals surface area contributed by atoms with E-state index in [9.17, 15) is 19.6 Å². The molecule has 0 saturated carbocycles. The summed E-state index contributed by atoms with van der Waals surface area (Å²) in [6.45, 7) is -0.793. The monoisotopic (exact) mass is 558 g/mol. The van der Waals surface area contributed by atoms with E-state index in [1.807, 2.05) is 18.2 Å². The van der Waals surface area contributed by atoms with Gasteiger partial charge in [0.05, 0.1) is 25.9 Å². The van der Waals surface area contributed by atoms with Crippen LogP contribution in [-0.2, 0) is 52.2 Å². The van der Waals surface area contributed by atoms with Gasteiger partial charge in [0, 0.05) is 6.42 Å². The van der Waals surface area contributed by atoms with E-state index in [0.29, 0.717) is 0 Å². The lowest BCUT2D eigenvalue weighted by atomic mass is 10.0. The molecular formula is C28H31O10P. The van der Waals surface area contributed by atoms with Crippen molar-refractivity contribution in [2.75, 3.05) is 6.61 Å². The summed E-state index contributed by atoms with van der Waals surface area (Å²) in [5.74, 6) is 0. The number of ether oxygens (including phenoxy) is 3. The summed E-state index contributed by atoms with van der Waals surface area (Å²) >= 11 is 0. The fourth-order valence-electron chi connectivity index (χ4n) is 3.77. The molecule has 11 heteroatoms. The molecule has 0 amide bonds. The van der Waals surface area contributed by atoms with E-state index in [4.69, 9.17) is 27.8 Å². The number of carbonyl (C=O) groups is 1. The molecule has 1 fully saturated rings. The lowest BCUT2D eigenvalue weighted by Crippen LogP contribution is -2.51. The average Bonchev–Trinajstić information content (AvgIpc) is 2.97. The van der Waals surface area contributed by atoms with E-state index in [-0.39, 0.29) is 26.2 Å². The molecule has 3 aromatic rings. The molecule has 4 rings (SSSR count). The number of benzene rings is 3. The molecule has 39 heavy (non-hydrogen) atoms. The Kier molecular flexibility index (Phi) is 10.6. The molecule has 0 aromatic heterocycles. The van der Waals surface area contributed by atoms with Crippen molar-refractivity contribution in [3.8, 4) is 0 Å². The van der Waals surface area contributed by atoms with Gasteiger partial charge in [-0.2, -0.15) is 0 Å². The zero-order valence-corrected chi connectivity index (χ0v) is 22.0. The molecular weight excluding hydrogens is 527 g/mol. The molecule has 3 aromatic carbocycles. The van der Waals surface area contributed by atoms with Crippen LogP contribution in [0.25, 0.3) is 0 Å². The number of aliphatic hydroxyl groups excluding tert-OH is 2. The Bertz CT molecular complexity index is 1150. The molecule has 0 spiro atoms. The summed E-state index contributed by atoms with van der Waals surface area (Å²) in [6.07, 6.45) is -6.20. The van der Waals surface area contributed by atoms with Crippen LogP contribution in [0.3, 0.4) is 0 Å². The summed E-state index contributed by atoms with van der Waals surface area (Å²) in [7, 11) is -4.34. The van der Waals surface area contributed by atoms with Crippen LogP contribution in [0.15, 0.2) is 91.0 Å². The highest BCUT2D eigenvalue weighted by Gasteiger charge is 2.45. The van der Waals surface area contributed by atoms with Gasteiger partial charge < -0.3 is 24.4 Å². The van der Waals surface area contributed by atoms with Crippen molar-refractivity contribution in [2.45, 2.75) is 50.8 Å². The Morgan fingerprint density at radius 3 is 1.79 bits per heavy atom. The Hall–Kier alpha value is -3.08. The molecule has 1 heterocycles. The van der Waals surface area contributed by atoms with Crippen molar-refractivity contribution < 1.29 is 47.4 Å². The number of rotatable bonds is 12. The van der Waals surface area contributed by atoms with Gasteiger partial charge in [-0.05, 0) is 16.7 Å². The molecule has 4 unspecified atom stereocenters. The predicted octanol–water partition coefficient (Wildman–Crippen LogP) is 4.73. The standard InChI is InChI=1S/C28H31O10P/c29-17-26-24(30)16-25(37-28(31)33-18-21-10-4-1-5-11-21)27(36-26)38-39(32,34-19-22-12-6-2-7-13-22)35-20-23-14-8-3-9-15-23/h1-15,24-27,29-30H,16-20H2. The number of hydrogen-bond donors (Lipinski definition) is 2. The zero-order chi connectivity index (χ0) is 27.5. The van der Waals surface area contributed by atoms with Gasteiger partial charge in [-0.1, -0.05) is 91.0 Å². The van der Waals surface area contributed by atoms with E-state index in [2.05, 4.69) is 0 Å². The summed E-state index contributed by atoms with van der Waals surface area (Å²) in [5, 5.41) is 20.0. The smallest absolute Gasteiger partial charge is 0.429 e. The van der Waals surface area contributed by atoms with Crippen molar-refractivity contribution in [2.24, 2.45) is 0 Å². The molecule has 2 N–H and O–H groups in total. The van der Waals surface area contributed by atoms with Gasteiger partial charge in [-0.25, -0.2) is 9.36 Å². The van der Waals surface area contributed by atoms with E-state index in [0.717, 1.165) is 16.7 Å². The second kappa shape index (κ2) is 14.3. The first-order valence-electron chi connectivity index (χ1n) is 12.4. The third-order valence-corrected chi connectivity index (χ3v) is 7.20. The lowest BCUT2D eigenvalue weighted by Gasteiger charge is -2.38. The zero-order valence-electron chi connectivity index (χ0n) is 21.1. The summed E-state index contributed by atoms with van der Waals surface area (Å²) in [6, 6.07) is 27.0. The van der Waals surface area contributed by atoms with E-state index in [1.165, 1.54) is 0 Å². The van der Waals surface area contributed by atoms with Crippen LogP contribution in [0, 0.1) is 0 Å². The first-order chi connectivity index (χ1) is 18.9. The fraction of sp³-hybridized carbons (Fsp3) is 0.321. The first-order valence-corrected chi connectivity index (χ1v) is 13.9. The maximum absolute atomic E-state index is 13.8. The molecule has 208 valence electrons. The normalized spacial score (nSPS) is 21.3. The van der Waals surface area contributed by atoms with E-state index >= 15 is 0 Å². The van der Waals surface area contributed by atoms with Crippen molar-refractivity contribution in [1.29, 1.82) is 0 Å². The van der Waals surface area contributed by atoms with Crippen LogP contribution < -0.4 is 0 Å². The highest BCUT2D eigenvalue weighted by Crippen LogP contribution is 2.53. The Balaban J connectivity index is 1.47. The van der Waals surface area contributed by atoms with Crippen LogP contribution in [-0.4, -0.2) is 47.6 Å². The van der Waals surface area contributed by atoms with E-state index < -0.39 is 45.2 Å². The van der Waals surface area contributed by atoms with Crippen molar-refractivity contribution in [1.82, 2.24) is 0 Å². The largest absolute Gasteiger partial charge is 0.509 e. The molecule has 0 radical (unpaired) electrons. The number of phosphoric acid groups is 1. The Morgan fingerprint density at radius 2 is 1.31 bits per heavy atom. The van der Waals surface area contributed by atoms with Gasteiger partial charge in [-0.3, -0.25) is 13.6 Å². The minimum atomic E-state index is -4.34. The van der Waals surface area contributed by atoms with Gasteiger partial charge >= 0.3 is 14.0 Å². The maximum Gasteiger partial charge on any atom is 0.509 e. The predicted molar refractivity (Wildman–Crippen MR) is 139 cm³/mol. The highest BCUT2D eigenvalue weighted by molar-refractivity contribution is 7.48. The molecule has 1 saturated heterocycles. The van der Waals surface area contributed by atoms with Gasteiger partial charge in [-0.15, -0.1) is 0 Å². The second-order valence-corrected chi connectivity index (χ2v) is 10.4. The summed E-state index contributed by atoms with van der Waals surface area (Å²) < 4.78 is 47.0. The highest BCUT2D eigenvalue weighted by atomic mass is 31.2. The van der Waals surface area contributed by atoms with Gasteiger partial charge in [0.25, 0.3) is 0 Å². The summed E-state index contributed by atoms with van der Waals surface area (Å²) in [4.78, 5) is 12.5. The number of hydrogen-bond acceptors (Lipinski definition) is 10. The lowest BCUT2D eigenvalue weighted by molar-refractivity contribution is -0.249. The quantitative estimate of drug-likeness (QED) is 0.238. The number of phosphoric ester groups is 1. The van der Waals surface area contributed by atoms with Gasteiger partial charge in [0.15, 0.2) is 6.10 Å². The van der Waals surface area contributed by atoms with Gasteiger partial charge in [0.2, 0.25) is 6.29 Å². The fourth-order valence-corrected chi connectivity index (χ4v) is 5.02.